The zero-order valence-electron chi connectivity index (χ0n) is 5.29. The Balaban J connectivity index is 3.28. The van der Waals surface area contributed by atoms with Crippen molar-refractivity contribution in [3.63, 3.8) is 0 Å². The van der Waals surface area contributed by atoms with Gasteiger partial charge in [-0.3, -0.25) is 0 Å². The van der Waals surface area contributed by atoms with Gasteiger partial charge in [-0.15, -0.1) is 0 Å². The van der Waals surface area contributed by atoms with Crippen molar-refractivity contribution >= 4 is 61.1 Å². The molecule has 0 saturated carbocycles. The summed E-state index contributed by atoms with van der Waals surface area (Å²) in [4.78, 5) is 0. The smallest absolute Gasteiger partial charge is 0.0738 e. The van der Waals surface area contributed by atoms with Gasteiger partial charge in [0.05, 0.1) is 0 Å². The van der Waals surface area contributed by atoms with E-state index in [0.717, 1.165) is 13.4 Å². The summed E-state index contributed by atoms with van der Waals surface area (Å²) in [6.07, 6.45) is 0. The summed E-state index contributed by atoms with van der Waals surface area (Å²) in [5.41, 5.74) is 1.23. The molecule has 0 N–H and O–H groups in total. The highest BCUT2D eigenvalue weighted by Gasteiger charge is 1.99. The van der Waals surface area contributed by atoms with E-state index >= 15 is 0 Å². The van der Waals surface area contributed by atoms with Gasteiger partial charge in [-0.05, 0) is 37.9 Å². The lowest BCUT2D eigenvalue weighted by atomic mass is 9.97. The molecule has 0 unspecified atom stereocenters. The topological polar surface area (TPSA) is 0 Å². The molecule has 10 heavy (non-hydrogen) atoms. The van der Waals surface area contributed by atoms with E-state index in [0.29, 0.717) is 0 Å². The van der Waals surface area contributed by atoms with Crippen LogP contribution in [0.15, 0.2) is 25.6 Å². The Labute approximate surface area is 86.2 Å². The van der Waals surface area contributed by atoms with Crippen molar-refractivity contribution < 1.29 is 0 Å². The highest BCUT2D eigenvalue weighted by molar-refractivity contribution is 9.13. The van der Waals surface area contributed by atoms with E-state index in [-0.39, 0.29) is 0 Å². The van der Waals surface area contributed by atoms with Crippen LogP contribution in [0.4, 0.5) is 0 Å². The quantitative estimate of drug-likeness (QED) is 0.507. The maximum Gasteiger partial charge on any atom is 0.140 e. The standard InChI is InChI=1S/C6H4BBr3/c7-3-1-5(9)6(10)2-4(3)8/h1-2H,7H2. The Kier molecular flexibility index (Phi) is 3.01. The molecule has 0 aliphatic carbocycles. The molecule has 0 bridgehead atoms. The van der Waals surface area contributed by atoms with Gasteiger partial charge in [0.15, 0.2) is 0 Å². The highest BCUT2D eigenvalue weighted by atomic mass is 79.9. The first-order valence-corrected chi connectivity index (χ1v) is 5.10. The molecular weight excluding hydrogens is 323 g/mol. The number of rotatable bonds is 0. The van der Waals surface area contributed by atoms with Gasteiger partial charge in [0, 0.05) is 13.4 Å². The Morgan fingerprint density at radius 2 is 1.40 bits per heavy atom. The van der Waals surface area contributed by atoms with Crippen LogP contribution in [0, 0.1) is 0 Å². The Morgan fingerprint density at radius 1 is 0.900 bits per heavy atom. The second-order valence-corrected chi connectivity index (χ2v) is 4.58. The van der Waals surface area contributed by atoms with E-state index in [2.05, 4.69) is 61.7 Å². The molecule has 0 nitrogen and oxygen atoms in total. The van der Waals surface area contributed by atoms with E-state index < -0.39 is 0 Å². The first-order valence-electron chi connectivity index (χ1n) is 2.72. The summed E-state index contributed by atoms with van der Waals surface area (Å²) in [6, 6.07) is 4.09. The maximum absolute atomic E-state index is 3.43. The summed E-state index contributed by atoms with van der Waals surface area (Å²) in [6.45, 7) is 0. The van der Waals surface area contributed by atoms with E-state index in [4.69, 9.17) is 0 Å². The molecule has 52 valence electrons. The molecule has 0 aliphatic rings. The number of benzene rings is 1. The van der Waals surface area contributed by atoms with Crippen LogP contribution < -0.4 is 5.46 Å². The van der Waals surface area contributed by atoms with E-state index in [1.54, 1.807) is 0 Å². The summed E-state index contributed by atoms with van der Waals surface area (Å²) in [5, 5.41) is 0. The summed E-state index contributed by atoms with van der Waals surface area (Å²) < 4.78 is 3.29. The maximum atomic E-state index is 3.43. The number of hydrogen-bond acceptors (Lipinski definition) is 0. The summed E-state index contributed by atoms with van der Waals surface area (Å²) >= 11 is 10.2. The normalized spacial score (nSPS) is 9.90. The summed E-state index contributed by atoms with van der Waals surface area (Å²) in [5.74, 6) is 0. The fraction of sp³-hybridized carbons (Fsp3) is 0. The second kappa shape index (κ2) is 3.41. The molecule has 0 spiro atoms. The third-order valence-corrected chi connectivity index (χ3v) is 3.90. The number of halogens is 3. The molecule has 0 aromatic heterocycles. The largest absolute Gasteiger partial charge is 0.140 e. The zero-order valence-corrected chi connectivity index (χ0v) is 10.0. The van der Waals surface area contributed by atoms with Gasteiger partial charge >= 0.3 is 0 Å². The van der Waals surface area contributed by atoms with Crippen molar-refractivity contribution in [1.82, 2.24) is 0 Å². The van der Waals surface area contributed by atoms with E-state index in [9.17, 15) is 0 Å². The van der Waals surface area contributed by atoms with E-state index in [1.165, 1.54) is 5.46 Å². The molecule has 0 fully saturated rings. The van der Waals surface area contributed by atoms with Crippen molar-refractivity contribution in [2.45, 2.75) is 0 Å². The molecule has 0 atom stereocenters. The van der Waals surface area contributed by atoms with Gasteiger partial charge in [0.1, 0.15) is 7.85 Å². The van der Waals surface area contributed by atoms with Gasteiger partial charge in [0.2, 0.25) is 0 Å². The van der Waals surface area contributed by atoms with Crippen molar-refractivity contribution in [2.24, 2.45) is 0 Å². The second-order valence-electron chi connectivity index (χ2n) is 2.02. The fourth-order valence-electron chi connectivity index (χ4n) is 0.622. The van der Waals surface area contributed by atoms with Gasteiger partial charge in [0.25, 0.3) is 0 Å². The molecule has 0 heterocycles. The molecule has 0 radical (unpaired) electrons. The fourth-order valence-corrected chi connectivity index (χ4v) is 2.07. The van der Waals surface area contributed by atoms with Crippen LogP contribution in [-0.2, 0) is 0 Å². The molecule has 1 rings (SSSR count). The predicted octanol–water partition coefficient (Wildman–Crippen LogP) is 2.23. The molecule has 4 heteroatoms. The van der Waals surface area contributed by atoms with Crippen LogP contribution >= 0.6 is 47.8 Å². The first kappa shape index (κ1) is 8.82. The average Bonchev–Trinajstić information content (AvgIpc) is 1.84. The molecule has 1 aromatic carbocycles. The molecular formula is C6H4BBr3. The number of hydrogen-bond donors (Lipinski definition) is 0. The van der Waals surface area contributed by atoms with Crippen molar-refractivity contribution in [3.8, 4) is 0 Å². The minimum atomic E-state index is 1.07. The van der Waals surface area contributed by atoms with Crippen LogP contribution in [0.25, 0.3) is 0 Å². The Morgan fingerprint density at radius 3 is 1.90 bits per heavy atom. The SMILES string of the molecule is Bc1cc(Br)c(Br)cc1Br. The van der Waals surface area contributed by atoms with Gasteiger partial charge in [-0.25, -0.2) is 0 Å². The summed E-state index contributed by atoms with van der Waals surface area (Å²) in [7, 11) is 2.06. The van der Waals surface area contributed by atoms with Gasteiger partial charge in [-0.1, -0.05) is 27.5 Å². The minimum absolute atomic E-state index is 1.07. The van der Waals surface area contributed by atoms with Gasteiger partial charge < -0.3 is 0 Å². The third kappa shape index (κ3) is 1.86. The molecule has 0 amide bonds. The van der Waals surface area contributed by atoms with Crippen molar-refractivity contribution in [2.75, 3.05) is 0 Å². The van der Waals surface area contributed by atoms with Gasteiger partial charge in [-0.2, -0.15) is 0 Å². The van der Waals surface area contributed by atoms with Crippen molar-refractivity contribution in [3.05, 3.63) is 25.6 Å². The average molecular weight is 327 g/mol. The molecule has 1 aromatic rings. The zero-order chi connectivity index (χ0) is 7.72. The molecule has 0 saturated heterocycles. The Hall–Kier alpha value is 0.725. The van der Waals surface area contributed by atoms with Crippen LogP contribution in [0.1, 0.15) is 0 Å². The lowest BCUT2D eigenvalue weighted by Crippen LogP contribution is -2.03. The van der Waals surface area contributed by atoms with Crippen molar-refractivity contribution in [1.29, 1.82) is 0 Å². The van der Waals surface area contributed by atoms with Crippen LogP contribution in [0.3, 0.4) is 0 Å². The lowest BCUT2D eigenvalue weighted by molar-refractivity contribution is 1.59. The van der Waals surface area contributed by atoms with E-state index in [1.807, 2.05) is 6.07 Å². The third-order valence-electron chi connectivity index (χ3n) is 1.20. The predicted molar refractivity (Wildman–Crippen MR) is 57.7 cm³/mol. The van der Waals surface area contributed by atoms with Crippen LogP contribution in [0.2, 0.25) is 0 Å². The minimum Gasteiger partial charge on any atom is -0.0738 e. The lowest BCUT2D eigenvalue weighted by Gasteiger charge is -2.00. The molecule has 0 aliphatic heterocycles. The highest BCUT2D eigenvalue weighted by Crippen LogP contribution is 2.24. The van der Waals surface area contributed by atoms with Crippen LogP contribution in [-0.4, -0.2) is 7.85 Å². The van der Waals surface area contributed by atoms with Crippen LogP contribution in [0.5, 0.6) is 0 Å². The Bertz CT molecular complexity index is 209. The monoisotopic (exact) mass is 324 g/mol. The first-order chi connectivity index (χ1) is 4.61.